The number of aryl methyl sites for hydroxylation is 1. The SMILES string of the molecule is CCOC(=O)[C@]12CCCC[C@@]1(O)[C@@H](/C=C/CCOS(=O)(=O)c1ccc(C)cc1)CC2. The Morgan fingerprint density at radius 1 is 1.20 bits per heavy atom. The molecule has 0 aromatic heterocycles. The van der Waals surface area contributed by atoms with Crippen LogP contribution in [0, 0.1) is 18.3 Å². The fourth-order valence-corrected chi connectivity index (χ4v) is 5.89. The molecule has 3 atom stereocenters. The average molecular weight is 437 g/mol. The van der Waals surface area contributed by atoms with Gasteiger partial charge in [0.05, 0.1) is 29.1 Å². The van der Waals surface area contributed by atoms with Gasteiger partial charge in [-0.2, -0.15) is 8.42 Å². The molecule has 1 N–H and O–H groups in total. The van der Waals surface area contributed by atoms with Crippen LogP contribution in [0.1, 0.15) is 57.4 Å². The van der Waals surface area contributed by atoms with Gasteiger partial charge in [-0.05, 0) is 58.1 Å². The van der Waals surface area contributed by atoms with Crippen molar-refractivity contribution in [3.63, 3.8) is 0 Å². The van der Waals surface area contributed by atoms with E-state index in [9.17, 15) is 18.3 Å². The molecule has 1 aromatic rings. The smallest absolute Gasteiger partial charge is 0.315 e. The molecule has 1 aromatic carbocycles. The number of carbonyl (C=O) groups excluding carboxylic acids is 1. The lowest BCUT2D eigenvalue weighted by Gasteiger charge is -2.46. The number of ether oxygens (including phenoxy) is 1. The molecular weight excluding hydrogens is 404 g/mol. The van der Waals surface area contributed by atoms with Crippen LogP contribution in [-0.2, 0) is 23.8 Å². The predicted octanol–water partition coefficient (Wildman–Crippen LogP) is 3.91. The molecule has 2 saturated carbocycles. The molecule has 0 heterocycles. The molecule has 3 rings (SSSR count). The van der Waals surface area contributed by atoms with Gasteiger partial charge in [0, 0.05) is 5.92 Å². The zero-order valence-electron chi connectivity index (χ0n) is 17.8. The molecule has 0 aliphatic heterocycles. The second-order valence-corrected chi connectivity index (χ2v) is 10.0. The van der Waals surface area contributed by atoms with Crippen LogP contribution in [0.4, 0.5) is 0 Å². The summed E-state index contributed by atoms with van der Waals surface area (Å²) in [7, 11) is -3.78. The monoisotopic (exact) mass is 436 g/mol. The maximum Gasteiger partial charge on any atom is 0.315 e. The van der Waals surface area contributed by atoms with E-state index in [-0.39, 0.29) is 23.4 Å². The summed E-state index contributed by atoms with van der Waals surface area (Å²) in [5, 5.41) is 11.5. The lowest BCUT2D eigenvalue weighted by molar-refractivity contribution is -0.180. The van der Waals surface area contributed by atoms with Crippen molar-refractivity contribution in [2.75, 3.05) is 13.2 Å². The molecular formula is C23H32O6S. The Kier molecular flexibility index (Phi) is 7.05. The molecule has 166 valence electrons. The van der Waals surface area contributed by atoms with Crippen LogP contribution in [0.15, 0.2) is 41.3 Å². The fraction of sp³-hybridized carbons (Fsp3) is 0.609. The first kappa shape index (κ1) is 23.0. The van der Waals surface area contributed by atoms with Crippen molar-refractivity contribution in [1.29, 1.82) is 0 Å². The Balaban J connectivity index is 1.60. The van der Waals surface area contributed by atoms with E-state index in [1.165, 1.54) is 12.1 Å². The van der Waals surface area contributed by atoms with Gasteiger partial charge < -0.3 is 9.84 Å². The maximum atomic E-state index is 12.7. The Morgan fingerprint density at radius 3 is 2.60 bits per heavy atom. The summed E-state index contributed by atoms with van der Waals surface area (Å²) in [4.78, 5) is 12.8. The lowest BCUT2D eigenvalue weighted by Crippen LogP contribution is -2.55. The minimum atomic E-state index is -3.78. The van der Waals surface area contributed by atoms with Gasteiger partial charge in [-0.15, -0.1) is 0 Å². The highest BCUT2D eigenvalue weighted by Crippen LogP contribution is 2.58. The molecule has 2 aliphatic carbocycles. The zero-order valence-corrected chi connectivity index (χ0v) is 18.6. The van der Waals surface area contributed by atoms with Crippen molar-refractivity contribution < 1.29 is 27.2 Å². The molecule has 7 heteroatoms. The third-order valence-electron chi connectivity index (χ3n) is 6.60. The average Bonchev–Trinajstić information content (AvgIpc) is 3.01. The summed E-state index contributed by atoms with van der Waals surface area (Å²) in [5.74, 6) is -0.425. The summed E-state index contributed by atoms with van der Waals surface area (Å²) < 4.78 is 34.9. The highest BCUT2D eigenvalue weighted by atomic mass is 32.2. The van der Waals surface area contributed by atoms with Crippen LogP contribution in [0.2, 0.25) is 0 Å². The number of hydrogen-bond acceptors (Lipinski definition) is 6. The Hall–Kier alpha value is -1.70. The van der Waals surface area contributed by atoms with E-state index in [0.29, 0.717) is 38.7 Å². The number of carbonyl (C=O) groups is 1. The van der Waals surface area contributed by atoms with E-state index in [4.69, 9.17) is 8.92 Å². The number of hydrogen-bond donors (Lipinski definition) is 1. The Labute approximate surface area is 179 Å². The second kappa shape index (κ2) is 9.20. The molecule has 0 unspecified atom stereocenters. The van der Waals surface area contributed by atoms with Gasteiger partial charge in [-0.1, -0.05) is 42.7 Å². The maximum absolute atomic E-state index is 12.7. The minimum Gasteiger partial charge on any atom is -0.465 e. The first-order chi connectivity index (χ1) is 14.2. The van der Waals surface area contributed by atoms with E-state index < -0.39 is 21.1 Å². The topological polar surface area (TPSA) is 89.9 Å². The van der Waals surface area contributed by atoms with Crippen molar-refractivity contribution in [3.8, 4) is 0 Å². The van der Waals surface area contributed by atoms with Crippen LogP contribution in [0.5, 0.6) is 0 Å². The largest absolute Gasteiger partial charge is 0.465 e. The van der Waals surface area contributed by atoms with Crippen LogP contribution in [0.25, 0.3) is 0 Å². The molecule has 2 fully saturated rings. The van der Waals surface area contributed by atoms with Gasteiger partial charge in [0.1, 0.15) is 0 Å². The van der Waals surface area contributed by atoms with Crippen molar-refractivity contribution in [2.24, 2.45) is 11.3 Å². The van der Waals surface area contributed by atoms with E-state index in [0.717, 1.165) is 18.4 Å². The van der Waals surface area contributed by atoms with Crippen LogP contribution in [-0.4, -0.2) is 38.3 Å². The van der Waals surface area contributed by atoms with Gasteiger partial charge in [-0.3, -0.25) is 8.98 Å². The van der Waals surface area contributed by atoms with Gasteiger partial charge in [0.15, 0.2) is 0 Å². The molecule has 0 spiro atoms. The Bertz CT molecular complexity index is 875. The van der Waals surface area contributed by atoms with E-state index in [1.807, 2.05) is 19.1 Å². The summed E-state index contributed by atoms with van der Waals surface area (Å²) in [6, 6.07) is 6.53. The Morgan fingerprint density at radius 2 is 1.90 bits per heavy atom. The van der Waals surface area contributed by atoms with Crippen molar-refractivity contribution in [2.45, 2.75) is 69.3 Å². The normalized spacial score (nSPS) is 29.1. The first-order valence-corrected chi connectivity index (χ1v) is 12.2. The molecule has 2 aliphatic rings. The van der Waals surface area contributed by atoms with Crippen LogP contribution < -0.4 is 0 Å². The molecule has 30 heavy (non-hydrogen) atoms. The lowest BCUT2D eigenvalue weighted by atomic mass is 9.62. The van der Waals surface area contributed by atoms with Gasteiger partial charge in [0.25, 0.3) is 10.1 Å². The highest BCUT2D eigenvalue weighted by molar-refractivity contribution is 7.86. The van der Waals surface area contributed by atoms with Crippen LogP contribution >= 0.6 is 0 Å². The van der Waals surface area contributed by atoms with Crippen molar-refractivity contribution >= 4 is 16.1 Å². The number of fused-ring (bicyclic) bond motifs is 1. The fourth-order valence-electron chi connectivity index (χ4n) is 4.96. The molecule has 0 bridgehead atoms. The summed E-state index contributed by atoms with van der Waals surface area (Å²) in [6.07, 6.45) is 8.57. The van der Waals surface area contributed by atoms with E-state index in [1.54, 1.807) is 19.1 Å². The van der Waals surface area contributed by atoms with E-state index in [2.05, 4.69) is 0 Å². The third kappa shape index (κ3) is 4.34. The predicted molar refractivity (Wildman–Crippen MR) is 113 cm³/mol. The standard InChI is InChI=1S/C23H32O6S/c1-3-28-21(24)22-14-5-6-15-23(22,25)19(13-16-22)8-4-7-17-29-30(26,27)20-11-9-18(2)10-12-20/h4,8-12,19,25H,3,5-7,13-17H2,1-2H3/b8-4+/t19-,22+,23+/m0/s1. The number of rotatable bonds is 8. The summed E-state index contributed by atoms with van der Waals surface area (Å²) in [6.45, 7) is 4.01. The third-order valence-corrected chi connectivity index (χ3v) is 7.93. The van der Waals surface area contributed by atoms with Gasteiger partial charge in [-0.25, -0.2) is 0 Å². The molecule has 6 nitrogen and oxygen atoms in total. The van der Waals surface area contributed by atoms with Crippen LogP contribution in [0.3, 0.4) is 0 Å². The number of esters is 1. The minimum absolute atomic E-state index is 0.0286. The summed E-state index contributed by atoms with van der Waals surface area (Å²) in [5.41, 5.74) is -0.933. The van der Waals surface area contributed by atoms with Crippen molar-refractivity contribution in [3.05, 3.63) is 42.0 Å². The number of aliphatic hydroxyl groups is 1. The summed E-state index contributed by atoms with van der Waals surface area (Å²) >= 11 is 0. The highest BCUT2D eigenvalue weighted by Gasteiger charge is 2.64. The van der Waals surface area contributed by atoms with Gasteiger partial charge in [0.2, 0.25) is 0 Å². The van der Waals surface area contributed by atoms with Crippen molar-refractivity contribution in [1.82, 2.24) is 0 Å². The first-order valence-electron chi connectivity index (χ1n) is 10.8. The zero-order chi connectivity index (χ0) is 21.8. The molecule has 0 radical (unpaired) electrons. The second-order valence-electron chi connectivity index (χ2n) is 8.39. The molecule has 0 saturated heterocycles. The molecule has 0 amide bonds. The number of benzene rings is 1. The van der Waals surface area contributed by atoms with E-state index >= 15 is 0 Å². The quantitative estimate of drug-likeness (QED) is 0.288. The van der Waals surface area contributed by atoms with Gasteiger partial charge >= 0.3 is 5.97 Å².